The van der Waals surface area contributed by atoms with E-state index in [0.29, 0.717) is 6.42 Å². The zero-order chi connectivity index (χ0) is 10.8. The van der Waals surface area contributed by atoms with Gasteiger partial charge in [0.1, 0.15) is 18.1 Å². The van der Waals surface area contributed by atoms with E-state index in [9.17, 15) is 18.8 Å². The molecule has 8 heteroatoms. The molecule has 0 heterocycles. The molecule has 82 valence electrons. The van der Waals surface area contributed by atoms with Crippen molar-refractivity contribution in [3.63, 3.8) is 0 Å². The van der Waals surface area contributed by atoms with E-state index in [1.807, 2.05) is 0 Å². The van der Waals surface area contributed by atoms with Gasteiger partial charge in [-0.1, -0.05) is 6.92 Å². The van der Waals surface area contributed by atoms with Crippen molar-refractivity contribution in [3.05, 3.63) is 0 Å². The molecule has 2 atom stereocenters. The van der Waals surface area contributed by atoms with Crippen LogP contribution in [0.2, 0.25) is 0 Å². The van der Waals surface area contributed by atoms with Crippen LogP contribution < -0.4 is 5.26 Å². The standard InChI is InChI=1S/C6H8F2O5S/c1-3-2-4(3)11-5(9)6(7,8)14-13-12-10/h3-4,10H,2H2,1H3/p-1. The second kappa shape index (κ2) is 4.39. The first kappa shape index (κ1) is 11.6. The second-order valence-electron chi connectivity index (χ2n) is 2.89. The van der Waals surface area contributed by atoms with Gasteiger partial charge in [0.15, 0.2) is 0 Å². The number of carbonyl (C=O) groups is 1. The van der Waals surface area contributed by atoms with Crippen molar-refractivity contribution in [3.8, 4) is 0 Å². The van der Waals surface area contributed by atoms with Gasteiger partial charge >= 0.3 is 11.2 Å². The summed E-state index contributed by atoms with van der Waals surface area (Å²) in [4.78, 5) is 10.7. The Balaban J connectivity index is 2.33. The zero-order valence-corrected chi connectivity index (χ0v) is 7.88. The minimum atomic E-state index is -3.92. The maximum absolute atomic E-state index is 12.7. The molecule has 0 bridgehead atoms. The minimum absolute atomic E-state index is 0.108. The maximum atomic E-state index is 12.7. The minimum Gasteiger partial charge on any atom is -0.691 e. The molecule has 1 saturated carbocycles. The molecule has 0 aromatic heterocycles. The van der Waals surface area contributed by atoms with Crippen molar-refractivity contribution in [2.45, 2.75) is 24.7 Å². The Labute approximate surface area is 82.4 Å². The van der Waals surface area contributed by atoms with E-state index in [4.69, 9.17) is 0 Å². The number of alkyl halides is 2. The monoisotopic (exact) mass is 229 g/mol. The van der Waals surface area contributed by atoms with Crippen molar-refractivity contribution < 1.29 is 32.9 Å². The quantitative estimate of drug-likeness (QED) is 0.294. The van der Waals surface area contributed by atoms with Gasteiger partial charge < -0.3 is 9.99 Å². The molecule has 5 nitrogen and oxygen atoms in total. The first-order valence-corrected chi connectivity index (χ1v) is 4.44. The number of esters is 1. The molecule has 1 aliphatic rings. The van der Waals surface area contributed by atoms with E-state index in [0.717, 1.165) is 0 Å². The molecule has 0 aromatic carbocycles. The molecule has 1 fully saturated rings. The number of carbonyl (C=O) groups excluding carboxylic acids is 1. The van der Waals surface area contributed by atoms with Crippen molar-refractivity contribution in [2.24, 2.45) is 5.92 Å². The van der Waals surface area contributed by atoms with E-state index in [-0.39, 0.29) is 5.92 Å². The number of hydrogen-bond acceptors (Lipinski definition) is 6. The van der Waals surface area contributed by atoms with Crippen LogP contribution in [0.3, 0.4) is 0 Å². The highest BCUT2D eigenvalue weighted by Gasteiger charge is 2.48. The smallest absolute Gasteiger partial charge is 0.415 e. The summed E-state index contributed by atoms with van der Waals surface area (Å²) in [5.41, 5.74) is 0. The predicted octanol–water partition coefficient (Wildman–Crippen LogP) is 0.402. The molecule has 0 saturated heterocycles. The van der Waals surface area contributed by atoms with Gasteiger partial charge in [-0.25, -0.2) is 4.79 Å². The lowest BCUT2D eigenvalue weighted by atomic mass is 10.5. The van der Waals surface area contributed by atoms with Gasteiger partial charge in [-0.05, 0) is 12.3 Å². The van der Waals surface area contributed by atoms with Gasteiger partial charge in [0.25, 0.3) is 0 Å². The van der Waals surface area contributed by atoms with Crippen molar-refractivity contribution >= 4 is 18.0 Å². The number of halogens is 2. The first-order chi connectivity index (χ1) is 6.47. The predicted molar refractivity (Wildman–Crippen MR) is 38.4 cm³/mol. The summed E-state index contributed by atoms with van der Waals surface area (Å²) in [7, 11) is 0. The van der Waals surface area contributed by atoms with Crippen LogP contribution in [0, 0.1) is 5.92 Å². The fourth-order valence-electron chi connectivity index (χ4n) is 0.749. The van der Waals surface area contributed by atoms with Gasteiger partial charge in [-0.15, -0.1) is 0 Å². The number of hydrogen-bond donors (Lipinski definition) is 0. The van der Waals surface area contributed by atoms with Gasteiger partial charge in [-0.3, -0.25) is 5.04 Å². The van der Waals surface area contributed by atoms with Crippen LogP contribution >= 0.6 is 12.0 Å². The molecule has 0 spiro atoms. The Morgan fingerprint density at radius 3 is 2.64 bits per heavy atom. The molecule has 0 aliphatic heterocycles. The average molecular weight is 229 g/mol. The van der Waals surface area contributed by atoms with Crippen molar-refractivity contribution in [1.82, 2.24) is 0 Å². The molecule has 1 aliphatic carbocycles. The lowest BCUT2D eigenvalue weighted by molar-refractivity contribution is -0.777. The normalized spacial score (nSPS) is 26.0. The summed E-state index contributed by atoms with van der Waals surface area (Å²) in [5, 5.41) is 8.03. The molecule has 2 unspecified atom stereocenters. The summed E-state index contributed by atoms with van der Waals surface area (Å²) in [6.45, 7) is 1.76. The molecular formula is C6H7F2O5S-. The van der Waals surface area contributed by atoms with E-state index in [1.54, 1.807) is 6.92 Å². The van der Waals surface area contributed by atoms with Crippen molar-refractivity contribution in [1.29, 1.82) is 0 Å². The lowest BCUT2D eigenvalue weighted by Crippen LogP contribution is -2.28. The van der Waals surface area contributed by atoms with Gasteiger partial charge in [-0.2, -0.15) is 13.1 Å². The molecular weight excluding hydrogens is 222 g/mol. The van der Waals surface area contributed by atoms with Gasteiger partial charge in [0.05, 0.1) is 0 Å². The maximum Gasteiger partial charge on any atom is 0.415 e. The summed E-state index contributed by atoms with van der Waals surface area (Å²) >= 11 is -0.685. The van der Waals surface area contributed by atoms with Crippen LogP contribution in [0.15, 0.2) is 0 Å². The number of rotatable bonds is 5. The molecule has 14 heavy (non-hydrogen) atoms. The molecule has 0 amide bonds. The Kier molecular flexibility index (Phi) is 3.65. The summed E-state index contributed by atoms with van der Waals surface area (Å²) in [5.74, 6) is -1.62. The van der Waals surface area contributed by atoms with E-state index >= 15 is 0 Å². The zero-order valence-electron chi connectivity index (χ0n) is 7.07. The first-order valence-electron chi connectivity index (χ1n) is 3.70. The molecule has 0 aromatic rings. The Bertz CT molecular complexity index is 224. The molecule has 1 rings (SSSR count). The van der Waals surface area contributed by atoms with E-state index < -0.39 is 29.4 Å². The second-order valence-corrected chi connectivity index (χ2v) is 3.71. The third-order valence-corrected chi connectivity index (χ3v) is 2.20. The topological polar surface area (TPSA) is 67.8 Å². The number of ether oxygens (including phenoxy) is 1. The van der Waals surface area contributed by atoms with Crippen LogP contribution in [-0.4, -0.2) is 17.3 Å². The highest BCUT2D eigenvalue weighted by molar-refractivity contribution is 7.96. The highest BCUT2D eigenvalue weighted by Crippen LogP contribution is 2.37. The van der Waals surface area contributed by atoms with Crippen LogP contribution in [0.1, 0.15) is 13.3 Å². The van der Waals surface area contributed by atoms with Crippen LogP contribution in [-0.2, 0) is 18.9 Å². The van der Waals surface area contributed by atoms with Crippen LogP contribution in [0.5, 0.6) is 0 Å². The largest absolute Gasteiger partial charge is 0.691 e. The third kappa shape index (κ3) is 3.05. The van der Waals surface area contributed by atoms with Crippen molar-refractivity contribution in [2.75, 3.05) is 0 Å². The average Bonchev–Trinajstić information content (AvgIpc) is 2.78. The Hall–Kier alpha value is -0.440. The Morgan fingerprint density at radius 2 is 2.21 bits per heavy atom. The van der Waals surface area contributed by atoms with E-state index in [1.165, 1.54) is 0 Å². The van der Waals surface area contributed by atoms with Gasteiger partial charge in [0, 0.05) is 0 Å². The lowest BCUT2D eigenvalue weighted by Gasteiger charge is -2.13. The van der Waals surface area contributed by atoms with Crippen LogP contribution in [0.4, 0.5) is 8.78 Å². The summed E-state index contributed by atoms with van der Waals surface area (Å²) < 4.78 is 33.1. The highest BCUT2D eigenvalue weighted by atomic mass is 32.2. The molecule has 0 radical (unpaired) electrons. The Morgan fingerprint density at radius 1 is 1.64 bits per heavy atom. The fraction of sp³-hybridized carbons (Fsp3) is 0.833. The SMILES string of the molecule is CC1CC1OC(=O)C(F)(F)SOO[O-]. The van der Waals surface area contributed by atoms with Gasteiger partial charge in [0.2, 0.25) is 0 Å². The molecule has 0 N–H and O–H groups in total. The summed E-state index contributed by atoms with van der Waals surface area (Å²) in [6.07, 6.45) is 0.118. The van der Waals surface area contributed by atoms with E-state index in [2.05, 4.69) is 14.1 Å². The third-order valence-electron chi connectivity index (χ3n) is 1.70. The van der Waals surface area contributed by atoms with Crippen LogP contribution in [0.25, 0.3) is 0 Å². The fourth-order valence-corrected chi connectivity index (χ4v) is 0.978. The summed E-state index contributed by atoms with van der Waals surface area (Å²) in [6, 6.07) is 0.